The summed E-state index contributed by atoms with van der Waals surface area (Å²) in [6.07, 6.45) is 1.47. The van der Waals surface area contributed by atoms with E-state index in [0.717, 1.165) is 11.1 Å². The van der Waals surface area contributed by atoms with E-state index in [0.29, 0.717) is 10.2 Å². The molecular weight excluding hydrogens is 236 g/mol. The van der Waals surface area contributed by atoms with Crippen LogP contribution >= 0.6 is 23.2 Å². The van der Waals surface area contributed by atoms with E-state index in [2.05, 4.69) is 4.98 Å². The van der Waals surface area contributed by atoms with E-state index < -0.39 is 0 Å². The highest BCUT2D eigenvalue weighted by Crippen LogP contribution is 2.29. The smallest absolute Gasteiger partial charge is 0.129 e. The average molecular weight is 242 g/mol. The monoisotopic (exact) mass is 241 g/mol. The minimum atomic E-state index is -0.282. The average Bonchev–Trinajstić information content (AvgIpc) is 2.23. The molecule has 2 aromatic rings. The van der Waals surface area contributed by atoms with Crippen LogP contribution < -0.4 is 0 Å². The Balaban J connectivity index is 2.53. The van der Waals surface area contributed by atoms with Crippen LogP contribution in [-0.4, -0.2) is 4.98 Å². The third kappa shape index (κ3) is 2.28. The van der Waals surface area contributed by atoms with Gasteiger partial charge in [-0.2, -0.15) is 0 Å². The van der Waals surface area contributed by atoms with Crippen molar-refractivity contribution in [2.45, 2.75) is 0 Å². The van der Waals surface area contributed by atoms with E-state index >= 15 is 0 Å². The molecule has 0 saturated heterocycles. The van der Waals surface area contributed by atoms with Gasteiger partial charge in [0.1, 0.15) is 11.0 Å². The van der Waals surface area contributed by atoms with Crippen molar-refractivity contribution in [2.24, 2.45) is 0 Å². The zero-order valence-electron chi connectivity index (χ0n) is 7.55. The molecule has 0 bridgehead atoms. The van der Waals surface area contributed by atoms with E-state index in [-0.39, 0.29) is 5.82 Å². The van der Waals surface area contributed by atoms with Gasteiger partial charge in [-0.15, -0.1) is 0 Å². The normalized spacial score (nSPS) is 10.3. The molecule has 0 saturated carbocycles. The molecule has 0 amide bonds. The third-order valence-electron chi connectivity index (χ3n) is 1.98. The lowest BCUT2D eigenvalue weighted by Gasteiger charge is -2.04. The fourth-order valence-corrected chi connectivity index (χ4v) is 1.63. The van der Waals surface area contributed by atoms with Gasteiger partial charge in [-0.25, -0.2) is 9.37 Å². The van der Waals surface area contributed by atoms with Crippen molar-refractivity contribution in [1.29, 1.82) is 0 Å². The Kier molecular flexibility index (Phi) is 2.89. The first-order valence-electron chi connectivity index (χ1n) is 4.24. The van der Waals surface area contributed by atoms with Crippen LogP contribution in [-0.2, 0) is 0 Å². The quantitative estimate of drug-likeness (QED) is 0.683. The molecule has 0 spiro atoms. The zero-order valence-corrected chi connectivity index (χ0v) is 9.06. The third-order valence-corrected chi connectivity index (χ3v) is 2.49. The molecule has 1 nitrogen and oxygen atoms in total. The van der Waals surface area contributed by atoms with Gasteiger partial charge >= 0.3 is 0 Å². The topological polar surface area (TPSA) is 12.9 Å². The molecule has 0 radical (unpaired) electrons. The Hall–Kier alpha value is -1.12. The summed E-state index contributed by atoms with van der Waals surface area (Å²) in [5, 5.41) is 0.852. The summed E-state index contributed by atoms with van der Waals surface area (Å²) in [7, 11) is 0. The zero-order chi connectivity index (χ0) is 10.8. The van der Waals surface area contributed by atoms with E-state index in [4.69, 9.17) is 23.2 Å². The second kappa shape index (κ2) is 4.17. The van der Waals surface area contributed by atoms with Gasteiger partial charge < -0.3 is 0 Å². The number of pyridine rings is 1. The van der Waals surface area contributed by atoms with Gasteiger partial charge in [0.25, 0.3) is 0 Å². The lowest BCUT2D eigenvalue weighted by Crippen LogP contribution is -1.83. The molecule has 0 fully saturated rings. The fourth-order valence-electron chi connectivity index (χ4n) is 1.26. The van der Waals surface area contributed by atoms with Crippen molar-refractivity contribution in [3.05, 3.63) is 52.5 Å². The SMILES string of the molecule is Fc1ccc(-c2cc(Cl)ncc2Cl)cc1. The molecule has 0 aliphatic carbocycles. The van der Waals surface area contributed by atoms with Crippen LogP contribution in [0.1, 0.15) is 0 Å². The van der Waals surface area contributed by atoms with Crippen LogP contribution in [0.4, 0.5) is 4.39 Å². The highest BCUT2D eigenvalue weighted by molar-refractivity contribution is 6.34. The Morgan fingerprint density at radius 1 is 1.07 bits per heavy atom. The summed E-state index contributed by atoms with van der Waals surface area (Å²) in [5.41, 5.74) is 1.56. The Labute approximate surface area is 96.5 Å². The van der Waals surface area contributed by atoms with Gasteiger partial charge in [-0.05, 0) is 23.8 Å². The molecule has 1 aromatic carbocycles. The molecule has 0 aliphatic heterocycles. The summed E-state index contributed by atoms with van der Waals surface area (Å²) in [6, 6.07) is 7.69. The van der Waals surface area contributed by atoms with Crippen LogP contribution in [0.3, 0.4) is 0 Å². The number of nitrogens with zero attached hydrogens (tertiary/aromatic N) is 1. The maximum Gasteiger partial charge on any atom is 0.129 e. The molecule has 1 aromatic heterocycles. The van der Waals surface area contributed by atoms with E-state index in [1.165, 1.54) is 18.3 Å². The standard InChI is InChI=1S/C11H6Cl2FN/c12-10-6-15-11(13)5-9(10)7-1-3-8(14)4-2-7/h1-6H. The number of halogens is 3. The number of rotatable bonds is 1. The Morgan fingerprint density at radius 3 is 2.40 bits per heavy atom. The number of hydrogen-bond donors (Lipinski definition) is 0. The number of benzene rings is 1. The summed E-state index contributed by atoms with van der Waals surface area (Å²) in [4.78, 5) is 3.84. The molecule has 0 unspecified atom stereocenters. The molecular formula is C11H6Cl2FN. The molecule has 1 heterocycles. The molecule has 0 N–H and O–H groups in total. The van der Waals surface area contributed by atoms with Gasteiger partial charge in [0.05, 0.1) is 5.02 Å². The molecule has 0 atom stereocenters. The van der Waals surface area contributed by atoms with Crippen molar-refractivity contribution in [3.8, 4) is 11.1 Å². The van der Waals surface area contributed by atoms with Crippen LogP contribution in [0, 0.1) is 5.82 Å². The minimum Gasteiger partial charge on any atom is -0.243 e. The van der Waals surface area contributed by atoms with Crippen molar-refractivity contribution in [1.82, 2.24) is 4.98 Å². The van der Waals surface area contributed by atoms with Crippen molar-refractivity contribution in [3.63, 3.8) is 0 Å². The predicted molar refractivity (Wildman–Crippen MR) is 59.7 cm³/mol. The van der Waals surface area contributed by atoms with Crippen molar-refractivity contribution >= 4 is 23.2 Å². The second-order valence-electron chi connectivity index (χ2n) is 2.99. The molecule has 2 rings (SSSR count). The van der Waals surface area contributed by atoms with E-state index in [1.54, 1.807) is 18.2 Å². The lowest BCUT2D eigenvalue weighted by atomic mass is 10.1. The van der Waals surface area contributed by atoms with Crippen LogP contribution in [0.2, 0.25) is 10.2 Å². The van der Waals surface area contributed by atoms with Crippen LogP contribution in [0.25, 0.3) is 11.1 Å². The maximum absolute atomic E-state index is 12.7. The highest BCUT2D eigenvalue weighted by atomic mass is 35.5. The van der Waals surface area contributed by atoms with E-state index in [1.807, 2.05) is 0 Å². The van der Waals surface area contributed by atoms with Gasteiger partial charge in [-0.1, -0.05) is 35.3 Å². The number of hydrogen-bond acceptors (Lipinski definition) is 1. The maximum atomic E-state index is 12.7. The summed E-state index contributed by atoms with van der Waals surface area (Å²) >= 11 is 11.7. The van der Waals surface area contributed by atoms with Gasteiger partial charge in [0.15, 0.2) is 0 Å². The van der Waals surface area contributed by atoms with Gasteiger partial charge in [0.2, 0.25) is 0 Å². The summed E-state index contributed by atoms with van der Waals surface area (Å²) in [5.74, 6) is -0.282. The fraction of sp³-hybridized carbons (Fsp3) is 0. The van der Waals surface area contributed by atoms with Gasteiger partial charge in [0, 0.05) is 11.8 Å². The molecule has 15 heavy (non-hydrogen) atoms. The van der Waals surface area contributed by atoms with E-state index in [9.17, 15) is 4.39 Å². The number of aromatic nitrogens is 1. The predicted octanol–water partition coefficient (Wildman–Crippen LogP) is 4.19. The first kappa shape index (κ1) is 10.4. The molecule has 0 aliphatic rings. The van der Waals surface area contributed by atoms with Crippen molar-refractivity contribution < 1.29 is 4.39 Å². The Morgan fingerprint density at radius 2 is 1.73 bits per heavy atom. The minimum absolute atomic E-state index is 0.282. The Bertz CT molecular complexity index is 482. The van der Waals surface area contributed by atoms with Crippen molar-refractivity contribution in [2.75, 3.05) is 0 Å². The second-order valence-corrected chi connectivity index (χ2v) is 3.79. The first-order valence-corrected chi connectivity index (χ1v) is 4.99. The highest BCUT2D eigenvalue weighted by Gasteiger charge is 2.05. The largest absolute Gasteiger partial charge is 0.243 e. The van der Waals surface area contributed by atoms with Crippen LogP contribution in [0.5, 0.6) is 0 Å². The summed E-state index contributed by atoms with van der Waals surface area (Å²) in [6.45, 7) is 0. The van der Waals surface area contributed by atoms with Gasteiger partial charge in [-0.3, -0.25) is 0 Å². The molecule has 4 heteroatoms. The first-order chi connectivity index (χ1) is 7.16. The lowest BCUT2D eigenvalue weighted by molar-refractivity contribution is 0.628. The molecule has 76 valence electrons. The van der Waals surface area contributed by atoms with Crippen LogP contribution in [0.15, 0.2) is 36.5 Å². The summed E-state index contributed by atoms with van der Waals surface area (Å²) < 4.78 is 12.7.